The van der Waals surface area contributed by atoms with Crippen molar-refractivity contribution in [2.24, 2.45) is 5.73 Å². The van der Waals surface area contributed by atoms with E-state index in [1.54, 1.807) is 11.3 Å². The fourth-order valence-corrected chi connectivity index (χ4v) is 2.52. The maximum Gasteiger partial charge on any atom is 0.119 e. The third kappa shape index (κ3) is 4.59. The van der Waals surface area contributed by atoms with Crippen molar-refractivity contribution >= 4 is 11.3 Å². The average Bonchev–Trinajstić information content (AvgIpc) is 2.84. The van der Waals surface area contributed by atoms with Crippen LogP contribution in [0.25, 0.3) is 0 Å². The summed E-state index contributed by atoms with van der Waals surface area (Å²) in [6.45, 7) is 4.95. The molecule has 0 saturated heterocycles. The molecule has 0 unspecified atom stereocenters. The zero-order chi connectivity index (χ0) is 14.4. The minimum atomic E-state index is 0.542. The molecule has 2 N–H and O–H groups in total. The lowest BCUT2D eigenvalue weighted by Crippen LogP contribution is -2.24. The Morgan fingerprint density at radius 1 is 1.40 bits per heavy atom. The summed E-state index contributed by atoms with van der Waals surface area (Å²) in [6, 6.07) is 7.93. The summed E-state index contributed by atoms with van der Waals surface area (Å²) in [5, 5.41) is 3.22. The molecular formula is C15H21N3OS. The van der Waals surface area contributed by atoms with Crippen molar-refractivity contribution in [3.8, 4) is 5.75 Å². The van der Waals surface area contributed by atoms with Crippen molar-refractivity contribution in [3.63, 3.8) is 0 Å². The molecule has 2 aromatic rings. The van der Waals surface area contributed by atoms with Crippen molar-refractivity contribution < 1.29 is 4.74 Å². The van der Waals surface area contributed by atoms with Gasteiger partial charge in [0.1, 0.15) is 12.4 Å². The van der Waals surface area contributed by atoms with Gasteiger partial charge in [-0.15, -0.1) is 11.3 Å². The zero-order valence-electron chi connectivity index (χ0n) is 12.0. The van der Waals surface area contributed by atoms with E-state index in [4.69, 9.17) is 10.5 Å². The highest BCUT2D eigenvalue weighted by atomic mass is 32.1. The predicted octanol–water partition coefficient (Wildman–Crippen LogP) is 2.42. The Morgan fingerprint density at radius 3 is 2.95 bits per heavy atom. The fraction of sp³-hybridized carbons (Fsp3) is 0.400. The molecule has 0 radical (unpaired) electrons. The minimum Gasteiger partial charge on any atom is -0.492 e. The summed E-state index contributed by atoms with van der Waals surface area (Å²) < 4.78 is 5.75. The number of likely N-dealkylation sites (N-methyl/N-ethyl adjacent to an activating group) is 1. The predicted molar refractivity (Wildman–Crippen MR) is 83.0 cm³/mol. The van der Waals surface area contributed by atoms with Crippen LogP contribution in [0.15, 0.2) is 29.6 Å². The van der Waals surface area contributed by atoms with Gasteiger partial charge in [-0.05, 0) is 31.7 Å². The normalized spacial score (nSPS) is 11.0. The summed E-state index contributed by atoms with van der Waals surface area (Å²) in [4.78, 5) is 6.67. The van der Waals surface area contributed by atoms with E-state index in [0.717, 1.165) is 35.1 Å². The molecule has 1 heterocycles. The third-order valence-corrected chi connectivity index (χ3v) is 3.80. The lowest BCUT2D eigenvalue weighted by Gasteiger charge is -2.16. The smallest absolute Gasteiger partial charge is 0.119 e. The second kappa shape index (κ2) is 7.38. The molecule has 0 bridgehead atoms. The lowest BCUT2D eigenvalue weighted by molar-refractivity contribution is 0.231. The molecular weight excluding hydrogens is 270 g/mol. The zero-order valence-corrected chi connectivity index (χ0v) is 12.8. The third-order valence-electron chi connectivity index (χ3n) is 2.97. The van der Waals surface area contributed by atoms with E-state index in [0.29, 0.717) is 13.2 Å². The van der Waals surface area contributed by atoms with Gasteiger partial charge < -0.3 is 10.5 Å². The first-order chi connectivity index (χ1) is 9.67. The molecule has 1 aromatic heterocycles. The number of hydrogen-bond donors (Lipinski definition) is 1. The number of nitrogens with zero attached hydrogens (tertiary/aromatic N) is 2. The molecule has 0 saturated carbocycles. The maximum absolute atomic E-state index is 5.75. The van der Waals surface area contributed by atoms with E-state index in [1.165, 1.54) is 0 Å². The average molecular weight is 291 g/mol. The number of aromatic nitrogens is 1. The van der Waals surface area contributed by atoms with Crippen LogP contribution >= 0.6 is 11.3 Å². The van der Waals surface area contributed by atoms with Crippen LogP contribution in [0.1, 0.15) is 16.3 Å². The molecule has 0 amide bonds. The van der Waals surface area contributed by atoms with Gasteiger partial charge in [0.25, 0.3) is 0 Å². The van der Waals surface area contributed by atoms with E-state index < -0.39 is 0 Å². The van der Waals surface area contributed by atoms with Gasteiger partial charge in [-0.2, -0.15) is 0 Å². The SMILES string of the molecule is Cc1nc(CN(C)CCOc2cccc(CN)c2)cs1. The quantitative estimate of drug-likeness (QED) is 0.851. The van der Waals surface area contributed by atoms with Crippen LogP contribution < -0.4 is 10.5 Å². The van der Waals surface area contributed by atoms with Gasteiger partial charge in [0.2, 0.25) is 0 Å². The molecule has 2 rings (SSSR count). The van der Waals surface area contributed by atoms with Crippen LogP contribution in [0.4, 0.5) is 0 Å². The Bertz CT molecular complexity index is 541. The molecule has 1 aromatic carbocycles. The number of aryl methyl sites for hydroxylation is 1. The summed E-state index contributed by atoms with van der Waals surface area (Å²) >= 11 is 1.69. The Hall–Kier alpha value is -1.43. The van der Waals surface area contributed by atoms with Crippen LogP contribution in [0.3, 0.4) is 0 Å². The van der Waals surface area contributed by atoms with Crippen molar-refractivity contribution in [2.45, 2.75) is 20.0 Å². The minimum absolute atomic E-state index is 0.542. The monoisotopic (exact) mass is 291 g/mol. The van der Waals surface area contributed by atoms with Gasteiger partial charge in [-0.25, -0.2) is 4.98 Å². The van der Waals surface area contributed by atoms with Gasteiger partial charge >= 0.3 is 0 Å². The summed E-state index contributed by atoms with van der Waals surface area (Å²) in [5.74, 6) is 0.880. The van der Waals surface area contributed by atoms with Crippen LogP contribution in [0.2, 0.25) is 0 Å². The van der Waals surface area contributed by atoms with E-state index in [-0.39, 0.29) is 0 Å². The van der Waals surface area contributed by atoms with Crippen molar-refractivity contribution in [1.29, 1.82) is 0 Å². The topological polar surface area (TPSA) is 51.4 Å². The van der Waals surface area contributed by atoms with Gasteiger partial charge in [0.05, 0.1) is 10.7 Å². The van der Waals surface area contributed by atoms with Crippen LogP contribution in [0, 0.1) is 6.92 Å². The Balaban J connectivity index is 1.74. The second-order valence-electron chi connectivity index (χ2n) is 4.80. The maximum atomic E-state index is 5.75. The summed E-state index contributed by atoms with van der Waals surface area (Å²) in [6.07, 6.45) is 0. The van der Waals surface area contributed by atoms with Gasteiger partial charge in [0, 0.05) is 25.0 Å². The van der Waals surface area contributed by atoms with Gasteiger partial charge in [-0.1, -0.05) is 12.1 Å². The van der Waals surface area contributed by atoms with E-state index in [2.05, 4.69) is 22.3 Å². The van der Waals surface area contributed by atoms with E-state index >= 15 is 0 Å². The first-order valence-electron chi connectivity index (χ1n) is 6.68. The highest BCUT2D eigenvalue weighted by Crippen LogP contribution is 2.13. The van der Waals surface area contributed by atoms with Gasteiger partial charge in [-0.3, -0.25) is 4.90 Å². The molecule has 0 aliphatic heterocycles. The number of benzene rings is 1. The Morgan fingerprint density at radius 2 is 2.25 bits per heavy atom. The van der Waals surface area contributed by atoms with E-state index in [9.17, 15) is 0 Å². The first kappa shape index (κ1) is 15.0. The Kier molecular flexibility index (Phi) is 5.52. The fourth-order valence-electron chi connectivity index (χ4n) is 1.92. The molecule has 0 spiro atoms. The number of ether oxygens (including phenoxy) is 1. The summed E-state index contributed by atoms with van der Waals surface area (Å²) in [5.41, 5.74) is 7.83. The lowest BCUT2D eigenvalue weighted by atomic mass is 10.2. The van der Waals surface area contributed by atoms with Crippen molar-refractivity contribution in [3.05, 3.63) is 45.9 Å². The molecule has 0 aliphatic carbocycles. The largest absolute Gasteiger partial charge is 0.492 e. The highest BCUT2D eigenvalue weighted by Gasteiger charge is 2.04. The standard InChI is InChI=1S/C15H21N3OS/c1-12-17-14(11-20-12)10-18(2)6-7-19-15-5-3-4-13(8-15)9-16/h3-5,8,11H,6-7,9-10,16H2,1-2H3. The second-order valence-corrected chi connectivity index (χ2v) is 5.86. The van der Waals surface area contributed by atoms with Crippen LogP contribution in [-0.4, -0.2) is 30.1 Å². The molecule has 20 heavy (non-hydrogen) atoms. The van der Waals surface area contributed by atoms with Crippen molar-refractivity contribution in [2.75, 3.05) is 20.2 Å². The number of rotatable bonds is 7. The molecule has 4 nitrogen and oxygen atoms in total. The molecule has 5 heteroatoms. The molecule has 0 atom stereocenters. The Labute approximate surface area is 124 Å². The number of hydrogen-bond acceptors (Lipinski definition) is 5. The molecule has 108 valence electrons. The number of nitrogens with two attached hydrogens (primary N) is 1. The molecule has 0 fully saturated rings. The highest BCUT2D eigenvalue weighted by molar-refractivity contribution is 7.09. The van der Waals surface area contributed by atoms with Crippen molar-refractivity contribution in [1.82, 2.24) is 9.88 Å². The first-order valence-corrected chi connectivity index (χ1v) is 7.56. The summed E-state index contributed by atoms with van der Waals surface area (Å²) in [7, 11) is 2.08. The van der Waals surface area contributed by atoms with Crippen LogP contribution in [0.5, 0.6) is 5.75 Å². The van der Waals surface area contributed by atoms with Crippen LogP contribution in [-0.2, 0) is 13.1 Å². The van der Waals surface area contributed by atoms with Gasteiger partial charge in [0.15, 0.2) is 0 Å². The number of thiazole rings is 1. The van der Waals surface area contributed by atoms with E-state index in [1.807, 2.05) is 31.2 Å². The molecule has 0 aliphatic rings.